The molecule has 41 heavy (non-hydrogen) atoms. The number of pyridine rings is 1. The van der Waals surface area contributed by atoms with Crippen molar-refractivity contribution in [2.45, 2.75) is 55.6 Å². The molecule has 4 aliphatic rings. The fourth-order valence-corrected chi connectivity index (χ4v) is 6.31. The molecule has 1 fully saturated rings. The van der Waals surface area contributed by atoms with Crippen LogP contribution in [0.3, 0.4) is 0 Å². The van der Waals surface area contributed by atoms with Crippen LogP contribution in [0, 0.1) is 0 Å². The van der Waals surface area contributed by atoms with Crippen LogP contribution in [-0.4, -0.2) is 88.3 Å². The number of nitrogens with zero attached hydrogens (tertiary/aromatic N) is 4. The normalized spacial score (nSPS) is 29.1. The van der Waals surface area contributed by atoms with Crippen molar-refractivity contribution in [2.75, 3.05) is 19.7 Å². The van der Waals surface area contributed by atoms with E-state index in [9.17, 15) is 14.7 Å². The molecular weight excluding hydrogens is 550 g/mol. The zero-order valence-corrected chi connectivity index (χ0v) is 23.4. The first-order valence-corrected chi connectivity index (χ1v) is 13.8. The van der Waals surface area contributed by atoms with Crippen molar-refractivity contribution in [3.8, 4) is 5.75 Å². The first-order valence-electron chi connectivity index (χ1n) is 13.4. The van der Waals surface area contributed by atoms with Crippen molar-refractivity contribution in [2.24, 2.45) is 21.5 Å². The predicted molar refractivity (Wildman–Crippen MR) is 152 cm³/mol. The average molecular weight is 582 g/mol. The summed E-state index contributed by atoms with van der Waals surface area (Å²) in [4.78, 5) is 41.0. The number of halogens is 1. The van der Waals surface area contributed by atoms with E-state index in [4.69, 9.17) is 27.8 Å². The Labute approximate surface area is 241 Å². The molecule has 6 rings (SSSR count). The Kier molecular flexibility index (Phi) is 6.46. The van der Waals surface area contributed by atoms with E-state index < -0.39 is 35.8 Å². The maximum atomic E-state index is 13.6. The zero-order chi connectivity index (χ0) is 29.1. The number of fused-ring (bicyclic) bond motifs is 1. The number of para-hydroxylation sites is 1. The zero-order valence-electron chi connectivity index (χ0n) is 22.6. The molecule has 216 valence electrons. The Balaban J connectivity index is 1.22. The molecule has 2 amide bonds. The number of hydrogen-bond acceptors (Lipinski definition) is 11. The summed E-state index contributed by atoms with van der Waals surface area (Å²) in [6, 6.07) is 6.49. The van der Waals surface area contributed by atoms with Gasteiger partial charge in [-0.2, -0.15) is 0 Å². The number of carbonyl (C=O) groups excluding carboxylic acids is 2. The van der Waals surface area contributed by atoms with Crippen LogP contribution in [0.1, 0.15) is 46.7 Å². The van der Waals surface area contributed by atoms with Gasteiger partial charge in [0.15, 0.2) is 17.6 Å². The van der Waals surface area contributed by atoms with Gasteiger partial charge in [-0.25, -0.2) is 15.0 Å². The second-order valence-corrected chi connectivity index (χ2v) is 11.8. The van der Waals surface area contributed by atoms with E-state index in [0.717, 1.165) is 12.0 Å². The largest absolute Gasteiger partial charge is 0.492 e. The molecule has 1 saturated heterocycles. The van der Waals surface area contributed by atoms with Gasteiger partial charge < -0.3 is 42.2 Å². The molecule has 14 heteroatoms. The second-order valence-electron chi connectivity index (χ2n) is 11.3. The quantitative estimate of drug-likeness (QED) is 0.274. The lowest BCUT2D eigenvalue weighted by atomic mass is 9.79. The number of aliphatic imine (C=N–C) groups is 2. The smallest absolute Gasteiger partial charge is 0.269 e. The molecule has 5 atom stereocenters. The number of aromatic nitrogens is 1. The summed E-state index contributed by atoms with van der Waals surface area (Å²) in [6.45, 7) is 4.96. The highest BCUT2D eigenvalue weighted by atomic mass is 35.5. The van der Waals surface area contributed by atoms with Crippen molar-refractivity contribution in [3.63, 3.8) is 0 Å². The molecule has 0 radical (unpaired) electrons. The lowest BCUT2D eigenvalue weighted by molar-refractivity contribution is 0.0143. The minimum Gasteiger partial charge on any atom is -0.492 e. The van der Waals surface area contributed by atoms with Crippen LogP contribution in [0.2, 0.25) is 5.02 Å². The first-order chi connectivity index (χ1) is 19.5. The Hall–Kier alpha value is -4.10. The van der Waals surface area contributed by atoms with Crippen LogP contribution in [0.5, 0.6) is 5.75 Å². The number of nitrogens with two attached hydrogens (primary N) is 2. The highest BCUT2D eigenvalue weighted by Gasteiger charge is 2.65. The van der Waals surface area contributed by atoms with E-state index in [2.05, 4.69) is 44.8 Å². The van der Waals surface area contributed by atoms with Crippen molar-refractivity contribution in [1.29, 1.82) is 0 Å². The van der Waals surface area contributed by atoms with Gasteiger partial charge in [0.1, 0.15) is 23.6 Å². The third-order valence-corrected chi connectivity index (χ3v) is 8.59. The van der Waals surface area contributed by atoms with Crippen molar-refractivity contribution in [3.05, 3.63) is 58.4 Å². The van der Waals surface area contributed by atoms with Gasteiger partial charge in [-0.05, 0) is 30.0 Å². The van der Waals surface area contributed by atoms with Crippen LogP contribution in [0.15, 0.2) is 46.5 Å². The Bertz CT molecular complexity index is 1460. The molecule has 1 spiro atoms. The van der Waals surface area contributed by atoms with Crippen molar-refractivity contribution < 1.29 is 19.4 Å². The summed E-state index contributed by atoms with van der Waals surface area (Å²) in [7, 11) is 0. The molecule has 1 unspecified atom stereocenters. The lowest BCUT2D eigenvalue weighted by Crippen LogP contribution is -2.73. The fourth-order valence-electron chi connectivity index (χ4n) is 6.20. The van der Waals surface area contributed by atoms with Crippen LogP contribution in [0.25, 0.3) is 0 Å². The average Bonchev–Trinajstić information content (AvgIpc) is 3.43. The standard InChI is InChI=1S/C27H32ClN9O4/c1-26(2)8-9-41-19-14(4-3-5-15(19)26)22(39)33-18-12-37-25(30)34-17(20-27(37,21(18)38)36-24(29)35-20)11-32-23(40)16-7-6-13(28)10-31-16/h3-7,10,17-18,20-21,38H,8-9,11-12H2,1-2H3,(H2,30,34)(H,32,40)(H,33,39)(H3,29,35,36)/t17-,18?,20-,21+,27-/m0/s1. The van der Waals surface area contributed by atoms with Crippen LogP contribution in [-0.2, 0) is 5.41 Å². The Morgan fingerprint density at radius 3 is 2.78 bits per heavy atom. The van der Waals surface area contributed by atoms with Gasteiger partial charge in [0.25, 0.3) is 11.8 Å². The molecule has 13 nitrogen and oxygen atoms in total. The summed E-state index contributed by atoms with van der Waals surface area (Å²) < 4.78 is 5.93. The van der Waals surface area contributed by atoms with Gasteiger partial charge in [-0.15, -0.1) is 0 Å². The SMILES string of the molecule is CC1(C)CCOc2c(C(=O)NC3CN4C(N)=N[C@@H](CNC(=O)c5ccc(Cl)cn5)[C@@H]5N=C(N)N[C@@]54[C@@H]3O)cccc21. The van der Waals surface area contributed by atoms with Gasteiger partial charge >= 0.3 is 0 Å². The van der Waals surface area contributed by atoms with Crippen molar-refractivity contribution in [1.82, 2.24) is 25.8 Å². The minimum atomic E-state index is -1.27. The van der Waals surface area contributed by atoms with Gasteiger partial charge in [-0.3, -0.25) is 9.59 Å². The van der Waals surface area contributed by atoms with Crippen LogP contribution < -0.4 is 32.2 Å². The number of guanidine groups is 2. The van der Waals surface area contributed by atoms with Gasteiger partial charge in [0.2, 0.25) is 0 Å². The maximum absolute atomic E-state index is 13.6. The molecule has 0 bridgehead atoms. The highest BCUT2D eigenvalue weighted by Crippen LogP contribution is 2.42. The number of amides is 2. The van der Waals surface area contributed by atoms with Crippen LogP contribution in [0.4, 0.5) is 0 Å². The van der Waals surface area contributed by atoms with Gasteiger partial charge in [0, 0.05) is 24.8 Å². The lowest BCUT2D eigenvalue weighted by Gasteiger charge is -2.46. The number of nitrogens with one attached hydrogen (secondary N) is 3. The summed E-state index contributed by atoms with van der Waals surface area (Å²) >= 11 is 5.87. The molecule has 4 aliphatic heterocycles. The number of ether oxygens (including phenoxy) is 1. The summed E-state index contributed by atoms with van der Waals surface area (Å²) in [5, 5.41) is 21.0. The number of rotatable bonds is 5. The first kappa shape index (κ1) is 27.1. The van der Waals surface area contributed by atoms with E-state index >= 15 is 0 Å². The number of hydrogen-bond donors (Lipinski definition) is 6. The number of aliphatic hydroxyl groups excluding tert-OH is 1. The maximum Gasteiger partial charge on any atom is 0.269 e. The molecular formula is C27H32ClN9O4. The third kappa shape index (κ3) is 4.39. The molecule has 2 aromatic rings. The highest BCUT2D eigenvalue weighted by molar-refractivity contribution is 6.30. The fraction of sp³-hybridized carbons (Fsp3) is 0.444. The number of benzene rings is 1. The molecule has 5 heterocycles. The monoisotopic (exact) mass is 581 g/mol. The summed E-state index contributed by atoms with van der Waals surface area (Å²) in [5.74, 6) is -0.0254. The number of carbonyl (C=O) groups is 2. The molecule has 1 aromatic carbocycles. The second kappa shape index (κ2) is 9.77. The van der Waals surface area contributed by atoms with Gasteiger partial charge in [0.05, 0.1) is 29.3 Å². The van der Waals surface area contributed by atoms with Gasteiger partial charge in [-0.1, -0.05) is 37.6 Å². The van der Waals surface area contributed by atoms with E-state index in [-0.39, 0.29) is 42.0 Å². The van der Waals surface area contributed by atoms with Crippen LogP contribution >= 0.6 is 11.6 Å². The third-order valence-electron chi connectivity index (χ3n) is 8.36. The van der Waals surface area contributed by atoms with E-state index in [1.807, 2.05) is 12.1 Å². The topological polar surface area (TPSA) is 193 Å². The summed E-state index contributed by atoms with van der Waals surface area (Å²) in [5.41, 5.74) is 12.6. The molecule has 0 saturated carbocycles. The Morgan fingerprint density at radius 1 is 1.22 bits per heavy atom. The van der Waals surface area contributed by atoms with Crippen molar-refractivity contribution >= 4 is 35.3 Å². The molecule has 0 aliphatic carbocycles. The predicted octanol–water partition coefficient (Wildman–Crippen LogP) is -0.320. The van der Waals surface area contributed by atoms with E-state index in [0.29, 0.717) is 22.9 Å². The molecule has 8 N–H and O–H groups in total. The van der Waals surface area contributed by atoms with E-state index in [1.54, 1.807) is 17.0 Å². The number of aliphatic hydroxyl groups is 1. The van der Waals surface area contributed by atoms with E-state index in [1.165, 1.54) is 12.3 Å². The summed E-state index contributed by atoms with van der Waals surface area (Å²) in [6.07, 6.45) is 1.05. The molecule has 1 aromatic heterocycles. The minimum absolute atomic E-state index is 0.0512. The Morgan fingerprint density at radius 2 is 2.02 bits per heavy atom.